The normalized spacial score (nSPS) is 27.2. The second kappa shape index (κ2) is 9.61. The third kappa shape index (κ3) is 5.23. The summed E-state index contributed by atoms with van der Waals surface area (Å²) >= 11 is 1.89. The number of alkyl halides is 3. The summed E-state index contributed by atoms with van der Waals surface area (Å²) in [6.45, 7) is 3.93. The zero-order valence-electron chi connectivity index (χ0n) is 17.8. The first-order valence-corrected chi connectivity index (χ1v) is 12.0. The second-order valence-corrected chi connectivity index (χ2v) is 9.82. The van der Waals surface area contributed by atoms with Crippen LogP contribution in [0.2, 0.25) is 0 Å². The summed E-state index contributed by atoms with van der Waals surface area (Å²) in [5.74, 6) is 1.17. The van der Waals surface area contributed by atoms with E-state index < -0.39 is 17.7 Å². The first-order valence-electron chi connectivity index (χ1n) is 10.9. The maximum Gasteiger partial charge on any atom is 0.416 e. The highest BCUT2D eigenvalue weighted by atomic mass is 32.2. The Balaban J connectivity index is 1.34. The number of morpholine rings is 1. The molecule has 1 aromatic carbocycles. The van der Waals surface area contributed by atoms with Crippen LogP contribution in [0, 0.1) is 5.92 Å². The van der Waals surface area contributed by atoms with Gasteiger partial charge in [0.25, 0.3) is 0 Å². The molecule has 3 heterocycles. The maximum absolute atomic E-state index is 13.0. The molecular weight excluding hydrogens is 443 g/mol. The molecule has 3 saturated heterocycles. The van der Waals surface area contributed by atoms with Crippen LogP contribution in [-0.4, -0.2) is 78.1 Å². The van der Waals surface area contributed by atoms with Gasteiger partial charge in [0.1, 0.15) is 0 Å². The molecule has 0 aromatic heterocycles. The van der Waals surface area contributed by atoms with Crippen LogP contribution in [0.15, 0.2) is 24.3 Å². The summed E-state index contributed by atoms with van der Waals surface area (Å²) < 4.78 is 44.3. The van der Waals surface area contributed by atoms with Gasteiger partial charge in [-0.2, -0.15) is 24.9 Å². The Hall–Kier alpha value is -1.78. The predicted molar refractivity (Wildman–Crippen MR) is 115 cm³/mol. The van der Waals surface area contributed by atoms with Gasteiger partial charge in [0.15, 0.2) is 0 Å². The molecule has 3 aliphatic heterocycles. The lowest BCUT2D eigenvalue weighted by atomic mass is 9.95. The Bertz CT molecular complexity index is 839. The van der Waals surface area contributed by atoms with Gasteiger partial charge in [0.2, 0.25) is 11.8 Å². The van der Waals surface area contributed by atoms with Gasteiger partial charge in [0, 0.05) is 50.4 Å². The summed E-state index contributed by atoms with van der Waals surface area (Å²) in [4.78, 5) is 29.2. The molecule has 0 saturated carbocycles. The van der Waals surface area contributed by atoms with E-state index in [1.165, 1.54) is 11.0 Å². The van der Waals surface area contributed by atoms with Crippen LogP contribution in [0.4, 0.5) is 13.2 Å². The fourth-order valence-corrected chi connectivity index (χ4v) is 6.18. The van der Waals surface area contributed by atoms with Crippen LogP contribution in [-0.2, 0) is 27.0 Å². The Morgan fingerprint density at radius 2 is 2.06 bits per heavy atom. The molecule has 32 heavy (non-hydrogen) atoms. The van der Waals surface area contributed by atoms with Gasteiger partial charge in [-0.05, 0) is 29.9 Å². The van der Waals surface area contributed by atoms with Crippen LogP contribution in [0.5, 0.6) is 0 Å². The van der Waals surface area contributed by atoms with Crippen molar-refractivity contribution in [2.24, 2.45) is 5.92 Å². The second-order valence-electron chi connectivity index (χ2n) is 8.72. The molecule has 3 aliphatic rings. The molecule has 0 spiro atoms. The van der Waals surface area contributed by atoms with Crippen molar-refractivity contribution in [3.05, 3.63) is 35.4 Å². The molecule has 6 nitrogen and oxygen atoms in total. The maximum atomic E-state index is 13.0. The van der Waals surface area contributed by atoms with Crippen molar-refractivity contribution in [2.45, 2.75) is 31.1 Å². The largest absolute Gasteiger partial charge is 0.416 e. The summed E-state index contributed by atoms with van der Waals surface area (Å²) in [6, 6.07) is 4.98. The van der Waals surface area contributed by atoms with Gasteiger partial charge in [-0.3, -0.25) is 14.5 Å². The number of carbonyl (C=O) groups excluding carboxylic acids is 2. The Morgan fingerprint density at radius 3 is 2.75 bits per heavy atom. The van der Waals surface area contributed by atoms with Gasteiger partial charge < -0.3 is 15.0 Å². The van der Waals surface area contributed by atoms with E-state index >= 15 is 0 Å². The summed E-state index contributed by atoms with van der Waals surface area (Å²) in [5.41, 5.74) is -0.410. The number of thioether (sulfide) groups is 1. The molecule has 2 atom stereocenters. The Kier molecular flexibility index (Phi) is 7.02. The first kappa shape index (κ1) is 23.4. The number of ether oxygens (including phenoxy) is 1. The monoisotopic (exact) mass is 471 g/mol. The van der Waals surface area contributed by atoms with E-state index in [-0.39, 0.29) is 36.9 Å². The number of likely N-dealkylation sites (tertiary alicyclic amines) is 1. The highest BCUT2D eigenvalue weighted by molar-refractivity contribution is 7.99. The van der Waals surface area contributed by atoms with Crippen molar-refractivity contribution < 1.29 is 27.5 Å². The van der Waals surface area contributed by atoms with Gasteiger partial charge in [-0.15, -0.1) is 0 Å². The van der Waals surface area contributed by atoms with Gasteiger partial charge in [0.05, 0.1) is 24.7 Å². The van der Waals surface area contributed by atoms with Crippen LogP contribution in [0.3, 0.4) is 0 Å². The van der Waals surface area contributed by atoms with E-state index in [9.17, 15) is 22.8 Å². The number of hydrogen-bond acceptors (Lipinski definition) is 5. The Labute approximate surface area is 189 Å². The van der Waals surface area contributed by atoms with Crippen molar-refractivity contribution in [2.75, 3.05) is 50.9 Å². The molecule has 0 aliphatic carbocycles. The molecule has 4 rings (SSSR count). The quantitative estimate of drug-likeness (QED) is 0.691. The third-order valence-electron chi connectivity index (χ3n) is 6.57. The zero-order valence-corrected chi connectivity index (χ0v) is 18.6. The standard InChI is InChI=1S/C22H28F3N3O3S/c23-22(24,25)18-3-1-2-16(10-18)12-27-13-17(11-19(27)29)20(30)26-14-21(4-9-32-15-21)28-5-7-31-8-6-28/h1-3,10,17H,4-9,11-15H2,(H,26,30). The van der Waals surface area contributed by atoms with Crippen molar-refractivity contribution in [3.63, 3.8) is 0 Å². The number of hydrogen-bond donors (Lipinski definition) is 1. The van der Waals surface area contributed by atoms with E-state index in [0.717, 1.165) is 43.1 Å². The van der Waals surface area contributed by atoms with Crippen LogP contribution >= 0.6 is 11.8 Å². The molecule has 1 aromatic rings. The lowest BCUT2D eigenvalue weighted by Gasteiger charge is -2.43. The molecule has 2 amide bonds. The van der Waals surface area contributed by atoms with E-state index in [1.807, 2.05) is 11.8 Å². The third-order valence-corrected chi connectivity index (χ3v) is 7.80. The highest BCUT2D eigenvalue weighted by Crippen LogP contribution is 2.34. The van der Waals surface area contributed by atoms with Crippen molar-refractivity contribution >= 4 is 23.6 Å². The minimum atomic E-state index is -4.43. The fourth-order valence-electron chi connectivity index (χ4n) is 4.70. The summed E-state index contributed by atoms with van der Waals surface area (Å²) in [6.07, 6.45) is -3.34. The minimum Gasteiger partial charge on any atom is -0.379 e. The highest BCUT2D eigenvalue weighted by Gasteiger charge is 2.42. The average molecular weight is 472 g/mol. The number of nitrogens with one attached hydrogen (secondary N) is 1. The fraction of sp³-hybridized carbons (Fsp3) is 0.636. The lowest BCUT2D eigenvalue weighted by molar-refractivity contribution is -0.137. The van der Waals surface area contributed by atoms with Crippen molar-refractivity contribution in [1.29, 1.82) is 0 Å². The van der Waals surface area contributed by atoms with E-state index in [1.54, 1.807) is 6.07 Å². The van der Waals surface area contributed by atoms with Gasteiger partial charge in [-0.25, -0.2) is 0 Å². The first-order chi connectivity index (χ1) is 15.3. The SMILES string of the molecule is O=C(NCC1(N2CCOCC2)CCSC1)C1CC(=O)N(Cc2cccc(C(F)(F)F)c2)C1. The van der Waals surface area contributed by atoms with E-state index in [0.29, 0.717) is 25.3 Å². The number of nitrogens with zero attached hydrogens (tertiary/aromatic N) is 2. The molecule has 1 N–H and O–H groups in total. The summed E-state index contributed by atoms with van der Waals surface area (Å²) in [5, 5.41) is 3.08. The van der Waals surface area contributed by atoms with Crippen molar-refractivity contribution in [3.8, 4) is 0 Å². The molecule has 10 heteroatoms. The topological polar surface area (TPSA) is 61.9 Å². The molecule has 2 unspecified atom stereocenters. The van der Waals surface area contributed by atoms with E-state index in [2.05, 4.69) is 10.2 Å². The Morgan fingerprint density at radius 1 is 1.28 bits per heavy atom. The summed E-state index contributed by atoms with van der Waals surface area (Å²) in [7, 11) is 0. The number of halogens is 3. The number of rotatable bonds is 6. The van der Waals surface area contributed by atoms with Gasteiger partial charge in [-0.1, -0.05) is 12.1 Å². The molecule has 176 valence electrons. The van der Waals surface area contributed by atoms with Crippen LogP contribution in [0.1, 0.15) is 24.0 Å². The lowest BCUT2D eigenvalue weighted by Crippen LogP contribution is -2.59. The average Bonchev–Trinajstić information content (AvgIpc) is 3.40. The van der Waals surface area contributed by atoms with E-state index in [4.69, 9.17) is 4.74 Å². The predicted octanol–water partition coefficient (Wildman–Crippen LogP) is 2.38. The smallest absolute Gasteiger partial charge is 0.379 e. The molecule has 3 fully saturated rings. The number of benzene rings is 1. The zero-order chi connectivity index (χ0) is 22.8. The number of amides is 2. The minimum absolute atomic E-state index is 0.0703. The molecule has 0 radical (unpaired) electrons. The van der Waals surface area contributed by atoms with Crippen LogP contribution in [0.25, 0.3) is 0 Å². The number of carbonyl (C=O) groups is 2. The van der Waals surface area contributed by atoms with Crippen LogP contribution < -0.4 is 5.32 Å². The van der Waals surface area contributed by atoms with Gasteiger partial charge >= 0.3 is 6.18 Å². The molecular formula is C22H28F3N3O3S. The van der Waals surface area contributed by atoms with Crippen molar-refractivity contribution in [1.82, 2.24) is 15.1 Å². The molecule has 0 bridgehead atoms.